The molecule has 0 saturated carbocycles. The highest BCUT2D eigenvalue weighted by molar-refractivity contribution is 5.60. The fourth-order valence-corrected chi connectivity index (χ4v) is 1.57. The molecule has 0 spiro atoms. The lowest BCUT2D eigenvalue weighted by Gasteiger charge is -2.02. The molecule has 16 heavy (non-hydrogen) atoms. The molecule has 0 saturated heterocycles. The minimum absolute atomic E-state index is 1.04. The average molecular weight is 212 g/mol. The van der Waals surface area contributed by atoms with Crippen molar-refractivity contribution in [3.63, 3.8) is 0 Å². The van der Waals surface area contributed by atoms with Crippen LogP contribution in [-0.2, 0) is 6.42 Å². The van der Waals surface area contributed by atoms with E-state index in [2.05, 4.69) is 42.9 Å². The van der Waals surface area contributed by atoms with Crippen molar-refractivity contribution in [1.82, 2.24) is 9.78 Å². The number of aromatic nitrogens is 2. The molecular formula is C14H16N2. The Morgan fingerprint density at radius 2 is 2.00 bits per heavy atom. The van der Waals surface area contributed by atoms with Gasteiger partial charge in [-0.25, -0.2) is 4.68 Å². The highest BCUT2D eigenvalue weighted by Crippen LogP contribution is 2.14. The van der Waals surface area contributed by atoms with Gasteiger partial charge in [0.2, 0.25) is 0 Å². The van der Waals surface area contributed by atoms with E-state index in [-0.39, 0.29) is 0 Å². The summed E-state index contributed by atoms with van der Waals surface area (Å²) >= 11 is 0. The molecule has 0 unspecified atom stereocenters. The molecule has 2 heteroatoms. The van der Waals surface area contributed by atoms with Crippen LogP contribution < -0.4 is 0 Å². The second kappa shape index (κ2) is 4.35. The Kier molecular flexibility index (Phi) is 2.91. The molecule has 0 aliphatic rings. The zero-order chi connectivity index (χ0) is 11.5. The van der Waals surface area contributed by atoms with E-state index in [1.54, 1.807) is 0 Å². The van der Waals surface area contributed by atoms with Gasteiger partial charge in [0.15, 0.2) is 0 Å². The average Bonchev–Trinajstić information content (AvgIpc) is 2.78. The summed E-state index contributed by atoms with van der Waals surface area (Å²) < 4.78 is 1.88. The number of rotatable bonds is 3. The van der Waals surface area contributed by atoms with E-state index in [0.717, 1.165) is 23.2 Å². The lowest BCUT2D eigenvalue weighted by atomic mass is 10.1. The number of benzene rings is 1. The van der Waals surface area contributed by atoms with Crippen LogP contribution in [0.5, 0.6) is 0 Å². The molecule has 0 atom stereocenters. The zero-order valence-corrected chi connectivity index (χ0v) is 9.77. The minimum Gasteiger partial charge on any atom is -0.240 e. The summed E-state index contributed by atoms with van der Waals surface area (Å²) in [6, 6.07) is 8.46. The van der Waals surface area contributed by atoms with Crippen LogP contribution in [0.4, 0.5) is 0 Å². The molecule has 0 aliphatic heterocycles. The van der Waals surface area contributed by atoms with Crippen LogP contribution in [0.3, 0.4) is 0 Å². The summed E-state index contributed by atoms with van der Waals surface area (Å²) in [5.41, 5.74) is 4.55. The van der Waals surface area contributed by atoms with E-state index in [4.69, 9.17) is 0 Å². The monoisotopic (exact) mass is 212 g/mol. The standard InChI is InChI=1S/C14H16N2/c1-4-12-5-7-14(8-6-12)16-10-13(9-15-16)11(2)3/h5-10H,2,4H2,1,3H3. The quantitative estimate of drug-likeness (QED) is 0.761. The second-order valence-corrected chi connectivity index (χ2v) is 3.97. The Bertz CT molecular complexity index is 492. The fraction of sp³-hybridized carbons (Fsp3) is 0.214. The van der Waals surface area contributed by atoms with Crippen LogP contribution in [0.1, 0.15) is 25.0 Å². The Hall–Kier alpha value is -1.83. The summed E-state index contributed by atoms with van der Waals surface area (Å²) in [5.74, 6) is 0. The van der Waals surface area contributed by atoms with Crippen molar-refractivity contribution in [3.8, 4) is 5.69 Å². The van der Waals surface area contributed by atoms with E-state index < -0.39 is 0 Å². The fourth-order valence-electron chi connectivity index (χ4n) is 1.57. The van der Waals surface area contributed by atoms with E-state index in [9.17, 15) is 0 Å². The summed E-state index contributed by atoms with van der Waals surface area (Å²) in [4.78, 5) is 0. The largest absolute Gasteiger partial charge is 0.240 e. The maximum atomic E-state index is 4.32. The number of nitrogens with zero attached hydrogens (tertiary/aromatic N) is 2. The molecule has 82 valence electrons. The van der Waals surface area contributed by atoms with Crippen molar-refractivity contribution >= 4 is 5.57 Å². The van der Waals surface area contributed by atoms with Crippen LogP contribution in [-0.4, -0.2) is 9.78 Å². The van der Waals surface area contributed by atoms with Crippen LogP contribution in [0, 0.1) is 0 Å². The first-order valence-corrected chi connectivity index (χ1v) is 5.50. The summed E-state index contributed by atoms with van der Waals surface area (Å²) in [7, 11) is 0. The van der Waals surface area contributed by atoms with Gasteiger partial charge in [-0.05, 0) is 36.6 Å². The van der Waals surface area contributed by atoms with Gasteiger partial charge in [0.1, 0.15) is 0 Å². The van der Waals surface area contributed by atoms with E-state index in [0.29, 0.717) is 0 Å². The molecule has 2 nitrogen and oxygen atoms in total. The topological polar surface area (TPSA) is 17.8 Å². The first-order valence-electron chi connectivity index (χ1n) is 5.50. The van der Waals surface area contributed by atoms with Crippen molar-refractivity contribution < 1.29 is 0 Å². The molecule has 0 amide bonds. The molecule has 1 aromatic heterocycles. The van der Waals surface area contributed by atoms with Crippen molar-refractivity contribution in [1.29, 1.82) is 0 Å². The Labute approximate surface area is 96.2 Å². The van der Waals surface area contributed by atoms with Crippen LogP contribution in [0.25, 0.3) is 11.3 Å². The maximum Gasteiger partial charge on any atom is 0.0645 e. The van der Waals surface area contributed by atoms with Crippen LogP contribution >= 0.6 is 0 Å². The highest BCUT2D eigenvalue weighted by atomic mass is 15.3. The molecule has 2 rings (SSSR count). The summed E-state index contributed by atoms with van der Waals surface area (Å²) in [5, 5.41) is 4.32. The van der Waals surface area contributed by atoms with E-state index in [1.165, 1.54) is 5.56 Å². The number of hydrogen-bond acceptors (Lipinski definition) is 1. The van der Waals surface area contributed by atoms with Gasteiger partial charge >= 0.3 is 0 Å². The summed E-state index contributed by atoms with van der Waals surface area (Å²) in [6.07, 6.45) is 4.91. The van der Waals surface area contributed by atoms with Crippen LogP contribution in [0.2, 0.25) is 0 Å². The smallest absolute Gasteiger partial charge is 0.0645 e. The highest BCUT2D eigenvalue weighted by Gasteiger charge is 2.01. The van der Waals surface area contributed by atoms with Gasteiger partial charge in [-0.2, -0.15) is 5.10 Å². The molecule has 0 aliphatic carbocycles. The van der Waals surface area contributed by atoms with Crippen molar-refractivity contribution in [2.24, 2.45) is 0 Å². The molecule has 0 N–H and O–H groups in total. The normalized spacial score (nSPS) is 10.4. The van der Waals surface area contributed by atoms with Crippen LogP contribution in [0.15, 0.2) is 43.2 Å². The van der Waals surface area contributed by atoms with Gasteiger partial charge in [0.05, 0.1) is 11.9 Å². The van der Waals surface area contributed by atoms with Gasteiger partial charge in [-0.15, -0.1) is 0 Å². The third kappa shape index (κ3) is 2.06. The number of allylic oxidation sites excluding steroid dienone is 1. The third-order valence-electron chi connectivity index (χ3n) is 2.68. The lowest BCUT2D eigenvalue weighted by molar-refractivity contribution is 0.879. The maximum absolute atomic E-state index is 4.32. The predicted molar refractivity (Wildman–Crippen MR) is 67.7 cm³/mol. The molecular weight excluding hydrogens is 196 g/mol. The first kappa shape index (κ1) is 10.7. The Balaban J connectivity index is 2.31. The molecule has 1 aromatic carbocycles. The first-order chi connectivity index (χ1) is 7.70. The van der Waals surface area contributed by atoms with Gasteiger partial charge in [-0.1, -0.05) is 25.6 Å². The van der Waals surface area contributed by atoms with Gasteiger partial charge in [0, 0.05) is 11.8 Å². The van der Waals surface area contributed by atoms with Gasteiger partial charge in [0.25, 0.3) is 0 Å². The Morgan fingerprint density at radius 3 is 2.50 bits per heavy atom. The molecule has 0 bridgehead atoms. The third-order valence-corrected chi connectivity index (χ3v) is 2.68. The second-order valence-electron chi connectivity index (χ2n) is 3.97. The van der Waals surface area contributed by atoms with Crippen molar-refractivity contribution in [2.75, 3.05) is 0 Å². The SMILES string of the molecule is C=C(C)c1cnn(-c2ccc(CC)cc2)c1. The molecule has 0 radical (unpaired) electrons. The molecule has 0 fully saturated rings. The summed E-state index contributed by atoms with van der Waals surface area (Å²) in [6.45, 7) is 8.05. The zero-order valence-electron chi connectivity index (χ0n) is 9.77. The van der Waals surface area contributed by atoms with Crippen molar-refractivity contribution in [2.45, 2.75) is 20.3 Å². The number of hydrogen-bond donors (Lipinski definition) is 0. The van der Waals surface area contributed by atoms with Gasteiger partial charge in [-0.3, -0.25) is 0 Å². The molecule has 1 heterocycles. The minimum atomic E-state index is 1.04. The predicted octanol–water partition coefficient (Wildman–Crippen LogP) is 3.47. The number of aryl methyl sites for hydroxylation is 1. The lowest BCUT2D eigenvalue weighted by Crippen LogP contribution is -1.94. The van der Waals surface area contributed by atoms with Crippen molar-refractivity contribution in [3.05, 3.63) is 54.4 Å². The Morgan fingerprint density at radius 1 is 1.31 bits per heavy atom. The molecule has 2 aromatic rings. The van der Waals surface area contributed by atoms with E-state index >= 15 is 0 Å². The van der Waals surface area contributed by atoms with Gasteiger partial charge < -0.3 is 0 Å². The van der Waals surface area contributed by atoms with E-state index in [1.807, 2.05) is 24.0 Å².